The number of carbonyl (C=O) groups is 2. The molecule has 4 aromatic rings. The van der Waals surface area contributed by atoms with E-state index in [1.165, 1.54) is 34.9 Å². The van der Waals surface area contributed by atoms with Crippen LogP contribution in [0.2, 0.25) is 0 Å². The number of anilines is 2. The summed E-state index contributed by atoms with van der Waals surface area (Å²) in [5, 5.41) is 2.72. The molecule has 0 bridgehead atoms. The number of amides is 1. The molecule has 0 spiro atoms. The summed E-state index contributed by atoms with van der Waals surface area (Å²) < 4.78 is 30.4. The van der Waals surface area contributed by atoms with Gasteiger partial charge in [-0.3, -0.25) is 23.5 Å². The Labute approximate surface area is 236 Å². The standard InChI is InChI=1S/C27H27F2N9O4/c1-4-15(39)10-37-25(41)22-23(35(3)26(37)42)32-13-38(22)14(2)24(40)34-20-7-5-6-18(33-20)19-8-31-21(9-30-19)36-11-16-17(12-36)27(16,28)29/h5-9,13-14,16-17H,4,10-12H2,1-3H3,(H,33,34,40)/t14-,16-,17?/m0/s1. The lowest BCUT2D eigenvalue weighted by molar-refractivity contribution is -0.120. The molecule has 1 aliphatic heterocycles. The van der Waals surface area contributed by atoms with Gasteiger partial charge in [-0.1, -0.05) is 13.0 Å². The van der Waals surface area contributed by atoms with Crippen LogP contribution in [0, 0.1) is 11.8 Å². The summed E-state index contributed by atoms with van der Waals surface area (Å²) in [6, 6.07) is 4.03. The first kappa shape index (κ1) is 27.4. The molecule has 5 heterocycles. The number of nitrogens with one attached hydrogen (secondary N) is 1. The number of alkyl halides is 2. The summed E-state index contributed by atoms with van der Waals surface area (Å²) in [5.74, 6) is -3.87. The zero-order chi connectivity index (χ0) is 29.9. The van der Waals surface area contributed by atoms with E-state index in [0.29, 0.717) is 17.2 Å². The molecule has 0 aromatic carbocycles. The van der Waals surface area contributed by atoms with Crippen molar-refractivity contribution in [3.8, 4) is 11.4 Å². The van der Waals surface area contributed by atoms with Crippen molar-refractivity contribution in [1.82, 2.24) is 33.6 Å². The minimum Gasteiger partial charge on any atom is -0.354 e. The molecule has 1 aliphatic carbocycles. The van der Waals surface area contributed by atoms with E-state index in [0.717, 1.165) is 4.57 Å². The first-order chi connectivity index (χ1) is 20.0. The van der Waals surface area contributed by atoms with Crippen molar-refractivity contribution >= 4 is 34.5 Å². The van der Waals surface area contributed by atoms with E-state index in [4.69, 9.17) is 0 Å². The number of Topliss-reactive ketones (excluding diaryl/α,β-unsaturated/α-hetero) is 1. The second-order valence-corrected chi connectivity index (χ2v) is 10.6. The van der Waals surface area contributed by atoms with Crippen LogP contribution in [0.15, 0.2) is 46.5 Å². The zero-order valence-corrected chi connectivity index (χ0v) is 23.0. The first-order valence-corrected chi connectivity index (χ1v) is 13.4. The molecule has 1 unspecified atom stereocenters. The Kier molecular flexibility index (Phi) is 6.46. The summed E-state index contributed by atoms with van der Waals surface area (Å²) >= 11 is 0. The Bertz CT molecular complexity index is 1830. The van der Waals surface area contributed by atoms with Crippen LogP contribution in [0.3, 0.4) is 0 Å². The highest BCUT2D eigenvalue weighted by atomic mass is 19.3. The van der Waals surface area contributed by atoms with Crippen LogP contribution < -0.4 is 21.5 Å². The molecule has 4 aromatic heterocycles. The summed E-state index contributed by atoms with van der Waals surface area (Å²) in [6.45, 7) is 3.32. The van der Waals surface area contributed by atoms with Gasteiger partial charge in [0.2, 0.25) is 5.91 Å². The highest BCUT2D eigenvalue weighted by Crippen LogP contribution is 2.59. The number of aromatic nitrogens is 7. The number of imidazole rings is 1. The fraction of sp³-hybridized carbons (Fsp3) is 0.407. The van der Waals surface area contributed by atoms with Crippen LogP contribution >= 0.6 is 0 Å². The van der Waals surface area contributed by atoms with Gasteiger partial charge >= 0.3 is 5.69 Å². The lowest BCUT2D eigenvalue weighted by atomic mass is 10.2. The van der Waals surface area contributed by atoms with Gasteiger partial charge in [-0.25, -0.2) is 33.5 Å². The topological polar surface area (TPSA) is 150 Å². The fourth-order valence-electron chi connectivity index (χ4n) is 5.33. The van der Waals surface area contributed by atoms with Gasteiger partial charge in [-0.15, -0.1) is 0 Å². The van der Waals surface area contributed by atoms with E-state index in [9.17, 15) is 28.0 Å². The maximum absolute atomic E-state index is 13.5. The summed E-state index contributed by atoms with van der Waals surface area (Å²) in [7, 11) is 1.44. The van der Waals surface area contributed by atoms with E-state index < -0.39 is 41.0 Å². The molecule has 218 valence electrons. The number of nitrogens with zero attached hydrogens (tertiary/aromatic N) is 8. The smallest absolute Gasteiger partial charge is 0.332 e. The number of carbonyl (C=O) groups excluding carboxylic acids is 2. The Balaban J connectivity index is 1.20. The summed E-state index contributed by atoms with van der Waals surface area (Å²) in [6.07, 6.45) is 4.48. The second-order valence-electron chi connectivity index (χ2n) is 10.6. The number of hydrogen-bond acceptors (Lipinski definition) is 9. The van der Waals surface area contributed by atoms with E-state index >= 15 is 0 Å². The Morgan fingerprint density at radius 3 is 2.50 bits per heavy atom. The molecule has 1 saturated heterocycles. The number of aryl methyl sites for hydroxylation is 1. The van der Waals surface area contributed by atoms with E-state index in [1.54, 1.807) is 36.9 Å². The molecule has 3 atom stereocenters. The maximum atomic E-state index is 13.5. The number of pyridine rings is 1. The van der Waals surface area contributed by atoms with E-state index in [-0.39, 0.29) is 48.8 Å². The highest BCUT2D eigenvalue weighted by Gasteiger charge is 2.71. The molecule has 6 rings (SSSR count). The van der Waals surface area contributed by atoms with E-state index in [2.05, 4.69) is 25.3 Å². The molecule has 42 heavy (non-hydrogen) atoms. The number of halogens is 2. The third kappa shape index (κ3) is 4.44. The number of piperidine rings is 1. The molecule has 2 aliphatic rings. The van der Waals surface area contributed by atoms with Crippen molar-refractivity contribution in [3.05, 3.63) is 57.8 Å². The molecule has 0 radical (unpaired) electrons. The van der Waals surface area contributed by atoms with Gasteiger partial charge in [-0.05, 0) is 19.1 Å². The maximum Gasteiger partial charge on any atom is 0.332 e. The number of rotatable bonds is 8. The van der Waals surface area contributed by atoms with Gasteiger partial charge in [-0.2, -0.15) is 0 Å². The average Bonchev–Trinajstić information content (AvgIpc) is 3.41. The number of ketones is 1. The molecule has 15 heteroatoms. The van der Waals surface area contributed by atoms with Crippen LogP contribution in [-0.4, -0.2) is 64.3 Å². The summed E-state index contributed by atoms with van der Waals surface area (Å²) in [4.78, 5) is 70.3. The van der Waals surface area contributed by atoms with Crippen LogP contribution in [0.5, 0.6) is 0 Å². The second kappa shape index (κ2) is 9.92. The highest BCUT2D eigenvalue weighted by molar-refractivity contribution is 5.93. The van der Waals surface area contributed by atoms with E-state index in [1.807, 2.05) is 0 Å². The molecular formula is C27H27F2N9O4. The fourth-order valence-corrected chi connectivity index (χ4v) is 5.33. The largest absolute Gasteiger partial charge is 0.354 e. The minimum absolute atomic E-state index is 0.0137. The molecular weight excluding hydrogens is 552 g/mol. The van der Waals surface area contributed by atoms with Crippen LogP contribution in [0.1, 0.15) is 26.3 Å². The van der Waals surface area contributed by atoms with Crippen molar-refractivity contribution in [3.63, 3.8) is 0 Å². The Morgan fingerprint density at radius 2 is 1.83 bits per heavy atom. The number of fused-ring (bicyclic) bond motifs is 2. The van der Waals surface area contributed by atoms with Gasteiger partial charge in [0.1, 0.15) is 23.4 Å². The monoisotopic (exact) mass is 579 g/mol. The molecule has 2 fully saturated rings. The van der Waals surface area contributed by atoms with Gasteiger partial charge < -0.3 is 14.8 Å². The van der Waals surface area contributed by atoms with Crippen molar-refractivity contribution in [2.45, 2.75) is 38.8 Å². The SMILES string of the molecule is CCC(=O)Cn1c(=O)c2c(ncn2[C@@H](C)C(=O)Nc2cccc(-c3cnc(N4CC5[C@H](C4)C5(F)F)cn3)n2)n(C)c1=O. The lowest BCUT2D eigenvalue weighted by Crippen LogP contribution is -2.41. The van der Waals surface area contributed by atoms with Gasteiger partial charge in [0, 0.05) is 26.6 Å². The minimum atomic E-state index is -2.58. The van der Waals surface area contributed by atoms with Crippen LogP contribution in [0.4, 0.5) is 20.4 Å². The van der Waals surface area contributed by atoms with Gasteiger partial charge in [0.15, 0.2) is 16.9 Å². The normalized spacial score (nSPS) is 19.5. The first-order valence-electron chi connectivity index (χ1n) is 13.4. The third-order valence-electron chi connectivity index (χ3n) is 8.01. The Morgan fingerprint density at radius 1 is 1.10 bits per heavy atom. The molecule has 1 amide bonds. The van der Waals surface area contributed by atoms with Crippen molar-refractivity contribution in [1.29, 1.82) is 0 Å². The van der Waals surface area contributed by atoms with Crippen LogP contribution in [-0.2, 0) is 23.2 Å². The molecule has 13 nitrogen and oxygen atoms in total. The van der Waals surface area contributed by atoms with Crippen LogP contribution in [0.25, 0.3) is 22.6 Å². The molecule has 1 saturated carbocycles. The Hall–Kier alpha value is -4.82. The van der Waals surface area contributed by atoms with Crippen molar-refractivity contribution in [2.75, 3.05) is 23.3 Å². The summed E-state index contributed by atoms with van der Waals surface area (Å²) in [5.41, 5.74) is -0.421. The number of hydrogen-bond donors (Lipinski definition) is 1. The van der Waals surface area contributed by atoms with Gasteiger partial charge in [0.25, 0.3) is 11.5 Å². The third-order valence-corrected chi connectivity index (χ3v) is 8.01. The predicted octanol–water partition coefficient (Wildman–Crippen LogP) is 1.63. The van der Waals surface area contributed by atoms with Gasteiger partial charge in [0.05, 0.1) is 42.8 Å². The lowest BCUT2D eigenvalue weighted by Gasteiger charge is -2.20. The van der Waals surface area contributed by atoms with Crippen molar-refractivity contribution in [2.24, 2.45) is 18.9 Å². The van der Waals surface area contributed by atoms with Crippen molar-refractivity contribution < 1.29 is 18.4 Å². The zero-order valence-electron chi connectivity index (χ0n) is 23.0. The molecule has 1 N–H and O–H groups in total. The predicted molar refractivity (Wildman–Crippen MR) is 147 cm³/mol. The quantitative estimate of drug-likeness (QED) is 0.329. The average molecular weight is 580 g/mol.